The molecule has 0 aliphatic carbocycles. The number of carbonyl (C=O) groups excluding carboxylic acids is 2. The topological polar surface area (TPSA) is 67.2 Å². The number of anilines is 2. The molecule has 27 heavy (non-hydrogen) atoms. The Hall–Kier alpha value is -2.57. The Morgan fingerprint density at radius 1 is 1.30 bits per heavy atom. The third-order valence-corrected chi connectivity index (χ3v) is 5.07. The maximum Gasteiger partial charge on any atom is 0.247 e. The van der Waals surface area contributed by atoms with Gasteiger partial charge in [-0.05, 0) is 31.2 Å². The van der Waals surface area contributed by atoms with Crippen molar-refractivity contribution in [2.24, 2.45) is 0 Å². The molecular weight excluding hydrogens is 387 g/mol. The van der Waals surface area contributed by atoms with Crippen LogP contribution < -0.4 is 10.2 Å². The number of carbonyl (C=O) groups is 2. The van der Waals surface area contributed by atoms with Gasteiger partial charge in [-0.25, -0.2) is 4.98 Å². The molecule has 0 saturated heterocycles. The van der Waals surface area contributed by atoms with E-state index in [1.54, 1.807) is 34.0 Å². The lowest BCUT2D eigenvalue weighted by Gasteiger charge is -2.28. The number of benzene rings is 2. The molecule has 8 heteroatoms. The highest BCUT2D eigenvalue weighted by atomic mass is 35.5. The Labute approximate surface area is 165 Å². The van der Waals surface area contributed by atoms with E-state index < -0.39 is 0 Å². The molecule has 0 spiro atoms. The van der Waals surface area contributed by atoms with Crippen LogP contribution in [0.5, 0.6) is 0 Å². The predicted molar refractivity (Wildman–Crippen MR) is 106 cm³/mol. The number of para-hydroxylation sites is 2. The van der Waals surface area contributed by atoms with Crippen LogP contribution in [0.15, 0.2) is 42.7 Å². The van der Waals surface area contributed by atoms with E-state index in [1.165, 1.54) is 0 Å². The van der Waals surface area contributed by atoms with Crippen LogP contribution >= 0.6 is 23.2 Å². The SMILES string of the molecule is C[C@H]1CC(=O)Nc2ccccc2N1C(=O)Cn1cnc2cc(Cl)cc(Cl)c21. The number of fused-ring (bicyclic) bond motifs is 2. The van der Waals surface area contributed by atoms with E-state index in [0.717, 1.165) is 0 Å². The van der Waals surface area contributed by atoms with Crippen molar-refractivity contribution in [1.82, 2.24) is 9.55 Å². The van der Waals surface area contributed by atoms with Gasteiger partial charge in [0.2, 0.25) is 11.8 Å². The molecule has 6 nitrogen and oxygen atoms in total. The number of amides is 2. The molecule has 4 rings (SSSR count). The fraction of sp³-hybridized carbons (Fsp3) is 0.211. The summed E-state index contributed by atoms with van der Waals surface area (Å²) in [6.07, 6.45) is 1.80. The summed E-state index contributed by atoms with van der Waals surface area (Å²) in [4.78, 5) is 31.2. The van der Waals surface area contributed by atoms with Crippen molar-refractivity contribution in [2.75, 3.05) is 10.2 Å². The summed E-state index contributed by atoms with van der Waals surface area (Å²) in [5.74, 6) is -0.271. The normalized spacial score (nSPS) is 16.8. The van der Waals surface area contributed by atoms with E-state index in [0.29, 0.717) is 32.5 Å². The van der Waals surface area contributed by atoms with Crippen LogP contribution in [-0.4, -0.2) is 27.4 Å². The van der Waals surface area contributed by atoms with Crippen LogP contribution in [0.3, 0.4) is 0 Å². The van der Waals surface area contributed by atoms with Crippen molar-refractivity contribution in [3.05, 3.63) is 52.8 Å². The summed E-state index contributed by atoms with van der Waals surface area (Å²) in [7, 11) is 0. The maximum absolute atomic E-state index is 13.2. The summed E-state index contributed by atoms with van der Waals surface area (Å²) in [5.41, 5.74) is 2.58. The second kappa shape index (κ2) is 6.87. The van der Waals surface area contributed by atoms with E-state index in [-0.39, 0.29) is 30.8 Å². The Bertz CT molecular complexity index is 1060. The summed E-state index contributed by atoms with van der Waals surface area (Å²) in [6, 6.07) is 10.3. The third kappa shape index (κ3) is 3.26. The molecular formula is C19H16Cl2N4O2. The van der Waals surface area contributed by atoms with Crippen molar-refractivity contribution < 1.29 is 9.59 Å². The number of hydrogen-bond donors (Lipinski definition) is 1. The summed E-state index contributed by atoms with van der Waals surface area (Å²) in [6.45, 7) is 1.91. The number of nitrogens with zero attached hydrogens (tertiary/aromatic N) is 3. The highest BCUT2D eigenvalue weighted by Gasteiger charge is 2.29. The van der Waals surface area contributed by atoms with E-state index in [1.807, 2.05) is 25.1 Å². The molecule has 2 aromatic carbocycles. The number of hydrogen-bond acceptors (Lipinski definition) is 3. The average molecular weight is 403 g/mol. The maximum atomic E-state index is 13.2. The van der Waals surface area contributed by atoms with Gasteiger partial charge in [0, 0.05) is 17.5 Å². The van der Waals surface area contributed by atoms with Gasteiger partial charge in [-0.2, -0.15) is 0 Å². The van der Waals surface area contributed by atoms with Gasteiger partial charge in [0.25, 0.3) is 0 Å². The molecule has 0 saturated carbocycles. The lowest BCUT2D eigenvalue weighted by atomic mass is 10.1. The zero-order valence-corrected chi connectivity index (χ0v) is 16.0. The molecule has 138 valence electrons. The Kier molecular flexibility index (Phi) is 4.53. The second-order valence-electron chi connectivity index (χ2n) is 6.51. The first-order chi connectivity index (χ1) is 12.9. The molecule has 2 amide bonds. The van der Waals surface area contributed by atoms with Crippen LogP contribution in [-0.2, 0) is 16.1 Å². The van der Waals surface area contributed by atoms with Crippen LogP contribution in [0.25, 0.3) is 11.0 Å². The Morgan fingerprint density at radius 3 is 2.89 bits per heavy atom. The van der Waals surface area contributed by atoms with Crippen molar-refractivity contribution >= 4 is 57.4 Å². The van der Waals surface area contributed by atoms with E-state index in [9.17, 15) is 9.59 Å². The quantitative estimate of drug-likeness (QED) is 0.701. The first-order valence-corrected chi connectivity index (χ1v) is 9.20. The fourth-order valence-corrected chi connectivity index (χ4v) is 4.03. The minimum Gasteiger partial charge on any atom is -0.324 e. The summed E-state index contributed by atoms with van der Waals surface area (Å²) >= 11 is 12.3. The zero-order valence-electron chi connectivity index (χ0n) is 14.4. The molecule has 1 N–H and O–H groups in total. The van der Waals surface area contributed by atoms with Gasteiger partial charge in [-0.15, -0.1) is 0 Å². The zero-order chi connectivity index (χ0) is 19.1. The minimum atomic E-state index is -0.277. The molecule has 1 aliphatic rings. The molecule has 1 atom stereocenters. The predicted octanol–water partition coefficient (Wildman–Crippen LogP) is 4.11. The van der Waals surface area contributed by atoms with Crippen molar-refractivity contribution in [2.45, 2.75) is 25.9 Å². The number of aromatic nitrogens is 2. The monoisotopic (exact) mass is 402 g/mol. The lowest BCUT2D eigenvalue weighted by molar-refractivity contribution is -0.119. The molecule has 2 heterocycles. The van der Waals surface area contributed by atoms with E-state index in [4.69, 9.17) is 23.2 Å². The van der Waals surface area contributed by atoms with Gasteiger partial charge < -0.3 is 14.8 Å². The van der Waals surface area contributed by atoms with Gasteiger partial charge in [0.15, 0.2) is 0 Å². The van der Waals surface area contributed by atoms with Crippen LogP contribution in [0.1, 0.15) is 13.3 Å². The highest BCUT2D eigenvalue weighted by Crippen LogP contribution is 2.32. The van der Waals surface area contributed by atoms with Crippen LogP contribution in [0.2, 0.25) is 10.0 Å². The number of nitrogens with one attached hydrogen (secondary N) is 1. The van der Waals surface area contributed by atoms with Gasteiger partial charge in [0.1, 0.15) is 6.54 Å². The average Bonchev–Trinajstić information content (AvgIpc) is 2.93. The molecule has 0 radical (unpaired) electrons. The first kappa shape index (κ1) is 17.8. The number of rotatable bonds is 2. The van der Waals surface area contributed by atoms with Gasteiger partial charge in [-0.3, -0.25) is 9.59 Å². The molecule has 0 unspecified atom stereocenters. The largest absolute Gasteiger partial charge is 0.324 e. The first-order valence-electron chi connectivity index (χ1n) is 8.45. The molecule has 1 aromatic heterocycles. The van der Waals surface area contributed by atoms with E-state index >= 15 is 0 Å². The number of imidazole rings is 1. The number of halogens is 2. The van der Waals surface area contributed by atoms with E-state index in [2.05, 4.69) is 10.3 Å². The van der Waals surface area contributed by atoms with Crippen molar-refractivity contribution in [3.8, 4) is 0 Å². The smallest absolute Gasteiger partial charge is 0.247 e. The Balaban J connectivity index is 1.72. The van der Waals surface area contributed by atoms with Gasteiger partial charge in [0.05, 0.1) is 33.8 Å². The van der Waals surface area contributed by atoms with Crippen LogP contribution in [0.4, 0.5) is 11.4 Å². The lowest BCUT2D eigenvalue weighted by Crippen LogP contribution is -2.40. The molecule has 3 aromatic rings. The molecule has 1 aliphatic heterocycles. The standard InChI is InChI=1S/C19H16Cl2N4O2/c1-11-6-17(26)23-14-4-2-3-5-16(14)25(11)18(27)9-24-10-22-15-8-12(20)7-13(21)19(15)24/h2-5,7-8,10-11H,6,9H2,1H3,(H,23,26)/t11-/m0/s1. The summed E-state index contributed by atoms with van der Waals surface area (Å²) < 4.78 is 1.70. The summed E-state index contributed by atoms with van der Waals surface area (Å²) in [5, 5.41) is 3.78. The van der Waals surface area contributed by atoms with Gasteiger partial charge in [-0.1, -0.05) is 35.3 Å². The fourth-order valence-electron chi connectivity index (χ4n) is 3.43. The Morgan fingerprint density at radius 2 is 2.07 bits per heavy atom. The highest BCUT2D eigenvalue weighted by molar-refractivity contribution is 6.38. The van der Waals surface area contributed by atoms with Crippen LogP contribution in [0, 0.1) is 0 Å². The minimum absolute atomic E-state index is 0.0463. The third-order valence-electron chi connectivity index (χ3n) is 4.57. The second-order valence-corrected chi connectivity index (χ2v) is 7.35. The van der Waals surface area contributed by atoms with Crippen molar-refractivity contribution in [1.29, 1.82) is 0 Å². The van der Waals surface area contributed by atoms with Gasteiger partial charge >= 0.3 is 0 Å². The molecule has 0 bridgehead atoms. The van der Waals surface area contributed by atoms with Crippen molar-refractivity contribution in [3.63, 3.8) is 0 Å². The molecule has 0 fully saturated rings.